The van der Waals surface area contributed by atoms with Crippen LogP contribution in [0, 0.1) is 6.92 Å². The van der Waals surface area contributed by atoms with E-state index in [9.17, 15) is 9.90 Å². The Kier molecular flexibility index (Phi) is 3.93. The summed E-state index contributed by atoms with van der Waals surface area (Å²) in [6, 6.07) is 3.78. The van der Waals surface area contributed by atoms with Crippen LogP contribution >= 0.6 is 0 Å². The van der Waals surface area contributed by atoms with E-state index in [-0.39, 0.29) is 11.8 Å². The van der Waals surface area contributed by atoms with E-state index in [1.54, 1.807) is 7.11 Å². The number of ketones is 1. The Labute approximate surface area is 154 Å². The van der Waals surface area contributed by atoms with E-state index in [0.717, 1.165) is 24.2 Å². The summed E-state index contributed by atoms with van der Waals surface area (Å²) < 4.78 is 11.7. The van der Waals surface area contributed by atoms with Crippen molar-refractivity contribution < 1.29 is 19.4 Å². The van der Waals surface area contributed by atoms with Gasteiger partial charge in [-0.05, 0) is 44.9 Å². The van der Waals surface area contributed by atoms with Crippen molar-refractivity contribution in [1.82, 2.24) is 4.90 Å². The molecule has 3 aliphatic rings. The van der Waals surface area contributed by atoms with Gasteiger partial charge in [0.2, 0.25) is 0 Å². The van der Waals surface area contributed by atoms with E-state index in [2.05, 4.69) is 18.4 Å². The first-order chi connectivity index (χ1) is 12.4. The van der Waals surface area contributed by atoms with Crippen LogP contribution in [0.5, 0.6) is 11.5 Å². The summed E-state index contributed by atoms with van der Waals surface area (Å²) >= 11 is 0. The highest BCUT2D eigenvalue weighted by Crippen LogP contribution is 2.61. The number of ether oxygens (including phenoxy) is 2. The van der Waals surface area contributed by atoms with Gasteiger partial charge in [-0.15, -0.1) is 6.58 Å². The van der Waals surface area contributed by atoms with Gasteiger partial charge in [-0.3, -0.25) is 9.69 Å². The third-order valence-electron chi connectivity index (χ3n) is 6.89. The van der Waals surface area contributed by atoms with Gasteiger partial charge >= 0.3 is 0 Å². The van der Waals surface area contributed by atoms with Crippen LogP contribution in [0.15, 0.2) is 24.8 Å². The van der Waals surface area contributed by atoms with Crippen molar-refractivity contribution in [2.45, 2.75) is 56.3 Å². The third-order valence-corrected chi connectivity index (χ3v) is 6.89. The summed E-state index contributed by atoms with van der Waals surface area (Å²) in [5.41, 5.74) is 0.256. The number of nitrogens with zero attached hydrogens (tertiary/aromatic N) is 1. The van der Waals surface area contributed by atoms with Gasteiger partial charge in [0, 0.05) is 24.6 Å². The Morgan fingerprint density at radius 1 is 1.46 bits per heavy atom. The Morgan fingerprint density at radius 3 is 2.92 bits per heavy atom. The van der Waals surface area contributed by atoms with Gasteiger partial charge in [-0.25, -0.2) is 0 Å². The molecule has 2 aliphatic heterocycles. The van der Waals surface area contributed by atoms with Crippen molar-refractivity contribution in [2.24, 2.45) is 0 Å². The molecule has 4 atom stereocenters. The lowest BCUT2D eigenvalue weighted by Crippen LogP contribution is -2.73. The Bertz CT molecular complexity index is 776. The smallest absolute Gasteiger partial charge is 0.174 e. The lowest BCUT2D eigenvalue weighted by atomic mass is 9.52. The van der Waals surface area contributed by atoms with Crippen LogP contribution in [-0.4, -0.2) is 53.7 Å². The predicted octanol–water partition coefficient (Wildman–Crippen LogP) is 2.38. The van der Waals surface area contributed by atoms with Gasteiger partial charge in [-0.2, -0.15) is 0 Å². The largest absolute Gasteiger partial charge is 0.493 e. The number of aryl methyl sites for hydroxylation is 1. The fourth-order valence-electron chi connectivity index (χ4n) is 5.58. The molecule has 0 aromatic heterocycles. The molecule has 0 bridgehead atoms. The predicted molar refractivity (Wildman–Crippen MR) is 98.9 cm³/mol. The molecule has 0 radical (unpaired) electrons. The molecule has 2 fully saturated rings. The second kappa shape index (κ2) is 5.83. The molecule has 1 saturated heterocycles. The maximum Gasteiger partial charge on any atom is 0.174 e. The summed E-state index contributed by atoms with van der Waals surface area (Å²) in [4.78, 5) is 15.1. The molecule has 1 aromatic carbocycles. The molecule has 0 amide bonds. The zero-order valence-electron chi connectivity index (χ0n) is 15.7. The van der Waals surface area contributed by atoms with E-state index >= 15 is 0 Å². The maximum atomic E-state index is 12.9. The third kappa shape index (κ3) is 1.96. The average molecular weight is 357 g/mol. The van der Waals surface area contributed by atoms with Crippen molar-refractivity contribution in [3.63, 3.8) is 0 Å². The number of benzene rings is 1. The Hall–Kier alpha value is -1.85. The molecule has 1 N–H and O–H groups in total. The van der Waals surface area contributed by atoms with Crippen molar-refractivity contribution in [3.8, 4) is 11.5 Å². The monoisotopic (exact) mass is 357 g/mol. The van der Waals surface area contributed by atoms with Gasteiger partial charge in [0.15, 0.2) is 23.4 Å². The highest BCUT2D eigenvalue weighted by Gasteiger charge is 2.70. The van der Waals surface area contributed by atoms with Crippen molar-refractivity contribution >= 4 is 5.78 Å². The van der Waals surface area contributed by atoms with Crippen LogP contribution < -0.4 is 9.47 Å². The first kappa shape index (κ1) is 17.6. The number of carbonyl (C=O) groups excluding carboxylic acids is 1. The SMILES string of the molecule is C=CCN1CC[C@]23c4c(C)ccc(OC)c4O[C@H]2C(=O)CC[C@@]3(O)[C@H]1C. The lowest BCUT2D eigenvalue weighted by Gasteiger charge is -2.59. The van der Waals surface area contributed by atoms with Crippen molar-refractivity contribution in [3.05, 3.63) is 35.9 Å². The number of fused-ring (bicyclic) bond motifs is 1. The molecule has 1 spiro atoms. The number of Topliss-reactive ketones (excluding diaryl/α,β-unsaturated/α-hetero) is 1. The second-order valence-corrected chi connectivity index (χ2v) is 7.86. The van der Waals surface area contributed by atoms with Crippen LogP contribution in [0.3, 0.4) is 0 Å². The zero-order chi connectivity index (χ0) is 18.7. The van der Waals surface area contributed by atoms with Crippen LogP contribution in [0.25, 0.3) is 0 Å². The minimum Gasteiger partial charge on any atom is -0.493 e. The number of piperidine rings is 1. The molecular weight excluding hydrogens is 330 g/mol. The van der Waals surface area contributed by atoms with E-state index in [0.29, 0.717) is 30.8 Å². The summed E-state index contributed by atoms with van der Waals surface area (Å²) in [6.45, 7) is 9.45. The summed E-state index contributed by atoms with van der Waals surface area (Å²) in [5, 5.41) is 12.0. The standard InChI is InChI=1S/C21H27NO4/c1-5-11-22-12-10-20-17-13(2)6-7-16(25-4)18(17)26-19(20)15(23)8-9-21(20,24)14(22)3/h5-7,14,19,24H,1,8-12H2,2-4H3/t14-,19+,20+,21-/m1/s1. The molecule has 140 valence electrons. The number of hydrogen-bond donors (Lipinski definition) is 1. The van der Waals surface area contributed by atoms with Crippen LogP contribution in [0.2, 0.25) is 0 Å². The number of rotatable bonds is 3. The van der Waals surface area contributed by atoms with E-state index in [4.69, 9.17) is 9.47 Å². The molecule has 5 heteroatoms. The van der Waals surface area contributed by atoms with Crippen LogP contribution in [0.4, 0.5) is 0 Å². The number of carbonyl (C=O) groups is 1. The number of likely N-dealkylation sites (tertiary alicyclic amines) is 1. The lowest BCUT2D eigenvalue weighted by molar-refractivity contribution is -0.180. The zero-order valence-corrected chi connectivity index (χ0v) is 15.7. The topological polar surface area (TPSA) is 59.0 Å². The van der Waals surface area contributed by atoms with Gasteiger partial charge in [0.05, 0.1) is 18.1 Å². The van der Waals surface area contributed by atoms with Crippen LogP contribution in [-0.2, 0) is 10.2 Å². The highest BCUT2D eigenvalue weighted by molar-refractivity contribution is 5.89. The van der Waals surface area contributed by atoms with Crippen molar-refractivity contribution in [2.75, 3.05) is 20.2 Å². The minimum atomic E-state index is -1.03. The van der Waals surface area contributed by atoms with Gasteiger partial charge in [0.25, 0.3) is 0 Å². The maximum absolute atomic E-state index is 12.9. The fourth-order valence-corrected chi connectivity index (χ4v) is 5.58. The summed E-state index contributed by atoms with van der Waals surface area (Å²) in [7, 11) is 1.61. The average Bonchev–Trinajstić information content (AvgIpc) is 2.99. The molecule has 5 nitrogen and oxygen atoms in total. The number of methoxy groups -OCH3 is 1. The van der Waals surface area contributed by atoms with E-state index in [1.807, 2.05) is 25.1 Å². The van der Waals surface area contributed by atoms with Crippen molar-refractivity contribution in [1.29, 1.82) is 0 Å². The molecule has 1 aromatic rings. The molecule has 4 rings (SSSR count). The first-order valence-electron chi connectivity index (χ1n) is 9.35. The van der Waals surface area contributed by atoms with Crippen LogP contribution in [0.1, 0.15) is 37.3 Å². The van der Waals surface area contributed by atoms with Gasteiger partial charge in [0.1, 0.15) is 0 Å². The highest BCUT2D eigenvalue weighted by atomic mass is 16.5. The molecule has 0 unspecified atom stereocenters. The molecule has 1 aliphatic carbocycles. The van der Waals surface area contributed by atoms with Gasteiger partial charge < -0.3 is 14.6 Å². The minimum absolute atomic E-state index is 0.0803. The van der Waals surface area contributed by atoms with Gasteiger partial charge in [-0.1, -0.05) is 12.1 Å². The molecular formula is C21H27NO4. The number of aliphatic hydroxyl groups is 1. The summed E-state index contributed by atoms with van der Waals surface area (Å²) in [6.07, 6.45) is 2.70. The number of hydrogen-bond acceptors (Lipinski definition) is 5. The summed E-state index contributed by atoms with van der Waals surface area (Å²) in [5.74, 6) is 1.35. The molecule has 1 saturated carbocycles. The fraction of sp³-hybridized carbons (Fsp3) is 0.571. The molecule has 26 heavy (non-hydrogen) atoms. The quantitative estimate of drug-likeness (QED) is 0.842. The van der Waals surface area contributed by atoms with E-state index in [1.165, 1.54) is 0 Å². The molecule has 2 heterocycles. The van der Waals surface area contributed by atoms with E-state index < -0.39 is 17.1 Å². The first-order valence-corrected chi connectivity index (χ1v) is 9.35. The Morgan fingerprint density at radius 2 is 2.23 bits per heavy atom. The normalized spacial score (nSPS) is 35.9. The second-order valence-electron chi connectivity index (χ2n) is 7.86. The Balaban J connectivity index is 1.95.